The van der Waals surface area contributed by atoms with Crippen LogP contribution in [0.4, 0.5) is 10.1 Å². The molecule has 0 aliphatic carbocycles. The molecule has 0 saturated heterocycles. The van der Waals surface area contributed by atoms with Crippen LogP contribution in [0.25, 0.3) is 5.69 Å². The number of hydrogen-bond acceptors (Lipinski definition) is 7. The van der Waals surface area contributed by atoms with Gasteiger partial charge in [0.2, 0.25) is 11.1 Å². The van der Waals surface area contributed by atoms with Crippen molar-refractivity contribution in [2.75, 3.05) is 11.1 Å². The molecule has 0 unspecified atom stereocenters. The zero-order valence-electron chi connectivity index (χ0n) is 15.7. The first-order chi connectivity index (χ1) is 13.9. The average Bonchev–Trinajstić information content (AvgIpc) is 3.15. The topological polar surface area (TPSA) is 99.0 Å². The third-order valence-electron chi connectivity index (χ3n) is 3.60. The number of anilines is 1. The van der Waals surface area contributed by atoms with Gasteiger partial charge in [0.05, 0.1) is 17.4 Å². The molecule has 150 valence electrons. The Balaban J connectivity index is 1.58. The van der Waals surface area contributed by atoms with E-state index < -0.39 is 11.8 Å². The molecule has 0 aliphatic heterocycles. The molecule has 1 aromatic heterocycles. The number of esters is 1. The molecule has 1 amide bonds. The molecule has 0 bridgehead atoms. The minimum absolute atomic E-state index is 0.0198. The Morgan fingerprint density at radius 2 is 1.90 bits per heavy atom. The van der Waals surface area contributed by atoms with E-state index in [1.807, 2.05) is 0 Å². The Labute approximate surface area is 170 Å². The van der Waals surface area contributed by atoms with E-state index >= 15 is 0 Å². The lowest BCUT2D eigenvalue weighted by atomic mass is 10.2. The predicted molar refractivity (Wildman–Crippen MR) is 105 cm³/mol. The molecule has 0 radical (unpaired) electrons. The van der Waals surface area contributed by atoms with Gasteiger partial charge in [-0.15, -0.1) is 5.10 Å². The lowest BCUT2D eigenvalue weighted by Crippen LogP contribution is -2.15. The van der Waals surface area contributed by atoms with Gasteiger partial charge < -0.3 is 10.1 Å². The summed E-state index contributed by atoms with van der Waals surface area (Å²) >= 11 is 1.07. The summed E-state index contributed by atoms with van der Waals surface area (Å²) in [6, 6.07) is 12.5. The molecule has 29 heavy (non-hydrogen) atoms. The standard InChI is InChI=1S/C19H18FN5O3S/c1-12(2)28-18(27)13-7-9-14(10-8-13)21-17(26)11-29-19-22-23-24-25(19)16-6-4-3-5-15(16)20/h3-10,12H,11H2,1-2H3,(H,21,26). The fourth-order valence-electron chi connectivity index (χ4n) is 2.34. The maximum atomic E-state index is 13.9. The summed E-state index contributed by atoms with van der Waals surface area (Å²) in [4.78, 5) is 24.0. The van der Waals surface area contributed by atoms with E-state index in [0.717, 1.165) is 11.8 Å². The van der Waals surface area contributed by atoms with E-state index in [9.17, 15) is 14.0 Å². The van der Waals surface area contributed by atoms with Crippen molar-refractivity contribution in [3.05, 3.63) is 59.9 Å². The molecular formula is C19H18FN5O3S. The lowest BCUT2D eigenvalue weighted by molar-refractivity contribution is -0.113. The molecule has 3 aromatic rings. The lowest BCUT2D eigenvalue weighted by Gasteiger charge is -2.09. The number of thioether (sulfide) groups is 1. The van der Waals surface area contributed by atoms with Crippen molar-refractivity contribution in [3.63, 3.8) is 0 Å². The van der Waals surface area contributed by atoms with E-state index in [-0.39, 0.29) is 28.6 Å². The minimum Gasteiger partial charge on any atom is -0.459 e. The second-order valence-corrected chi connectivity index (χ2v) is 7.14. The molecular weight excluding hydrogens is 397 g/mol. The highest BCUT2D eigenvalue weighted by atomic mass is 32.2. The second kappa shape index (κ2) is 9.28. The number of nitrogens with zero attached hydrogens (tertiary/aromatic N) is 4. The Morgan fingerprint density at radius 1 is 1.17 bits per heavy atom. The van der Waals surface area contributed by atoms with Gasteiger partial charge in [-0.1, -0.05) is 23.9 Å². The van der Waals surface area contributed by atoms with E-state index in [0.29, 0.717) is 11.3 Å². The van der Waals surface area contributed by atoms with Gasteiger partial charge in [-0.2, -0.15) is 4.68 Å². The van der Waals surface area contributed by atoms with Gasteiger partial charge in [-0.3, -0.25) is 4.79 Å². The number of amides is 1. The highest BCUT2D eigenvalue weighted by Crippen LogP contribution is 2.20. The summed E-state index contributed by atoms with van der Waals surface area (Å²) in [6.07, 6.45) is -0.209. The van der Waals surface area contributed by atoms with Crippen LogP contribution in [0.2, 0.25) is 0 Å². The molecule has 0 atom stereocenters. The molecule has 1 heterocycles. The van der Waals surface area contributed by atoms with E-state index in [1.165, 1.54) is 10.7 Å². The number of aromatic nitrogens is 4. The van der Waals surface area contributed by atoms with Crippen molar-refractivity contribution in [2.24, 2.45) is 0 Å². The number of ether oxygens (including phenoxy) is 1. The highest BCUT2D eigenvalue weighted by molar-refractivity contribution is 7.99. The molecule has 1 N–H and O–H groups in total. The Bertz CT molecular complexity index is 1010. The van der Waals surface area contributed by atoms with Crippen LogP contribution in [0.5, 0.6) is 0 Å². The van der Waals surface area contributed by atoms with Crippen molar-refractivity contribution in [2.45, 2.75) is 25.1 Å². The predicted octanol–water partition coefficient (Wildman–Crippen LogP) is 3.10. The Hall–Kier alpha value is -3.27. The maximum Gasteiger partial charge on any atom is 0.338 e. The van der Waals surface area contributed by atoms with Crippen LogP contribution in [0.3, 0.4) is 0 Å². The number of rotatable bonds is 7. The molecule has 3 rings (SSSR count). The number of para-hydroxylation sites is 1. The van der Waals surface area contributed by atoms with Crippen molar-refractivity contribution >= 4 is 29.3 Å². The first-order valence-corrected chi connectivity index (χ1v) is 9.69. The van der Waals surface area contributed by atoms with Crippen LogP contribution >= 0.6 is 11.8 Å². The Morgan fingerprint density at radius 3 is 2.59 bits per heavy atom. The monoisotopic (exact) mass is 415 g/mol. The molecule has 0 aliphatic rings. The first-order valence-electron chi connectivity index (χ1n) is 8.71. The number of carbonyl (C=O) groups is 2. The minimum atomic E-state index is -0.470. The third-order valence-corrected chi connectivity index (χ3v) is 4.52. The molecule has 0 spiro atoms. The number of tetrazole rings is 1. The fourth-order valence-corrected chi connectivity index (χ4v) is 3.03. The molecule has 0 saturated carbocycles. The number of nitrogens with one attached hydrogen (secondary N) is 1. The van der Waals surface area contributed by atoms with E-state index in [4.69, 9.17) is 4.74 Å². The van der Waals surface area contributed by atoms with Crippen LogP contribution in [-0.4, -0.2) is 43.9 Å². The average molecular weight is 415 g/mol. The number of carbonyl (C=O) groups excluding carboxylic acids is 2. The third kappa shape index (κ3) is 5.38. The van der Waals surface area contributed by atoms with Crippen LogP contribution in [0.15, 0.2) is 53.7 Å². The second-order valence-electron chi connectivity index (χ2n) is 6.19. The quantitative estimate of drug-likeness (QED) is 0.468. The summed E-state index contributed by atoms with van der Waals surface area (Å²) in [5.74, 6) is -1.17. The van der Waals surface area contributed by atoms with Crippen LogP contribution in [0, 0.1) is 5.82 Å². The van der Waals surface area contributed by atoms with Crippen molar-refractivity contribution < 1.29 is 18.7 Å². The summed E-state index contributed by atoms with van der Waals surface area (Å²) in [7, 11) is 0. The summed E-state index contributed by atoms with van der Waals surface area (Å²) in [6.45, 7) is 3.54. The molecule has 0 fully saturated rings. The number of benzene rings is 2. The van der Waals surface area contributed by atoms with Gasteiger partial charge in [0, 0.05) is 5.69 Å². The van der Waals surface area contributed by atoms with E-state index in [1.54, 1.807) is 56.3 Å². The number of hydrogen-bond donors (Lipinski definition) is 1. The summed E-state index contributed by atoms with van der Waals surface area (Å²) in [5.41, 5.74) is 1.13. The van der Waals surface area contributed by atoms with Crippen molar-refractivity contribution in [1.82, 2.24) is 20.2 Å². The van der Waals surface area contributed by atoms with Crippen molar-refractivity contribution in [1.29, 1.82) is 0 Å². The van der Waals surface area contributed by atoms with E-state index in [2.05, 4.69) is 20.8 Å². The Kier molecular flexibility index (Phi) is 6.55. The SMILES string of the molecule is CC(C)OC(=O)c1ccc(NC(=O)CSc2nnnn2-c2ccccc2F)cc1. The largest absolute Gasteiger partial charge is 0.459 e. The zero-order chi connectivity index (χ0) is 20.8. The molecule has 10 heteroatoms. The van der Waals surface area contributed by atoms with Gasteiger partial charge in [-0.05, 0) is 60.7 Å². The summed E-state index contributed by atoms with van der Waals surface area (Å²) < 4.78 is 20.3. The normalized spacial score (nSPS) is 10.8. The van der Waals surface area contributed by atoms with Gasteiger partial charge in [-0.25, -0.2) is 9.18 Å². The van der Waals surface area contributed by atoms with Gasteiger partial charge in [0.1, 0.15) is 11.5 Å². The van der Waals surface area contributed by atoms with Crippen LogP contribution < -0.4 is 5.32 Å². The smallest absolute Gasteiger partial charge is 0.338 e. The fraction of sp³-hybridized carbons (Fsp3) is 0.211. The van der Waals surface area contributed by atoms with Gasteiger partial charge in [0.15, 0.2) is 0 Å². The molecule has 2 aromatic carbocycles. The first kappa shape index (κ1) is 20.5. The van der Waals surface area contributed by atoms with Gasteiger partial charge >= 0.3 is 5.97 Å². The zero-order valence-corrected chi connectivity index (χ0v) is 16.5. The van der Waals surface area contributed by atoms with Gasteiger partial charge in [0.25, 0.3) is 0 Å². The van der Waals surface area contributed by atoms with Crippen molar-refractivity contribution in [3.8, 4) is 5.69 Å². The van der Waals surface area contributed by atoms with Crippen LogP contribution in [0.1, 0.15) is 24.2 Å². The summed E-state index contributed by atoms with van der Waals surface area (Å²) in [5, 5.41) is 14.2. The van der Waals surface area contributed by atoms with Crippen LogP contribution in [-0.2, 0) is 9.53 Å². The number of halogens is 1. The maximum absolute atomic E-state index is 13.9. The molecule has 8 nitrogen and oxygen atoms in total. The highest BCUT2D eigenvalue weighted by Gasteiger charge is 2.14.